The van der Waals surface area contributed by atoms with Crippen molar-refractivity contribution >= 4 is 67.5 Å². The number of fused-ring (bicyclic) bond motifs is 4. The van der Waals surface area contributed by atoms with Gasteiger partial charge in [-0.25, -0.2) is 57.7 Å². The topological polar surface area (TPSA) is 212 Å². The van der Waals surface area contributed by atoms with E-state index < -0.39 is 12.3 Å². The Kier molecular flexibility index (Phi) is 12.5. The van der Waals surface area contributed by atoms with E-state index in [1.165, 1.54) is 12.7 Å². The van der Waals surface area contributed by atoms with Crippen LogP contribution in [0.4, 0.5) is 43.2 Å². The second-order valence-corrected chi connectivity index (χ2v) is 21.0. The molecule has 0 amide bonds. The first-order valence-corrected chi connectivity index (χ1v) is 26.1. The first-order valence-electron chi connectivity index (χ1n) is 26.1. The lowest BCUT2D eigenvalue weighted by atomic mass is 9.86. The smallest absolute Gasteiger partial charge is 0.224 e. The number of methoxy groups -OCH3 is 2. The quantitative estimate of drug-likeness (QED) is 0.118. The van der Waals surface area contributed by atoms with E-state index in [2.05, 4.69) is 80.3 Å². The summed E-state index contributed by atoms with van der Waals surface area (Å²) in [5.41, 5.74) is 7.93. The lowest BCUT2D eigenvalue weighted by molar-refractivity contribution is 0.133. The highest BCUT2D eigenvalue weighted by molar-refractivity contribution is 6.05. The molecule has 4 aliphatic rings. The zero-order valence-electron chi connectivity index (χ0n) is 44.7. The van der Waals surface area contributed by atoms with E-state index in [0.29, 0.717) is 98.3 Å². The van der Waals surface area contributed by atoms with Crippen molar-refractivity contribution in [1.82, 2.24) is 68.9 Å². The molecule has 6 aromatic heterocycles. The van der Waals surface area contributed by atoms with Gasteiger partial charge in [-0.3, -0.25) is 9.80 Å². The molecule has 2 N–H and O–H groups in total. The van der Waals surface area contributed by atoms with E-state index in [0.717, 1.165) is 67.2 Å². The van der Waals surface area contributed by atoms with Crippen LogP contribution in [-0.2, 0) is 0 Å². The summed E-state index contributed by atoms with van der Waals surface area (Å²) in [7, 11) is 7.33. The van der Waals surface area contributed by atoms with Gasteiger partial charge < -0.3 is 39.4 Å². The number of aromatic nitrogens is 12. The number of aryl methyl sites for hydroxylation is 2. The number of likely N-dealkylation sites (tertiary alicyclic amines) is 2. The van der Waals surface area contributed by atoms with E-state index >= 15 is 0 Å². The van der Waals surface area contributed by atoms with Crippen molar-refractivity contribution in [2.45, 2.75) is 50.1 Å². The number of likely N-dealkylation sites (N-methyl/N-ethyl adjacent to an activating group) is 2. The first kappa shape index (κ1) is 50.4. The van der Waals surface area contributed by atoms with Crippen LogP contribution < -0.4 is 39.4 Å². The molecule has 4 saturated heterocycles. The first-order chi connectivity index (χ1) is 38.8. The van der Waals surface area contributed by atoms with Crippen molar-refractivity contribution in [3.05, 3.63) is 122 Å². The maximum atomic E-state index is 14.2. The molecule has 80 heavy (non-hydrogen) atoms. The van der Waals surface area contributed by atoms with Crippen LogP contribution in [0.25, 0.3) is 33.1 Å². The number of nitrogens with one attached hydrogen (secondary N) is 2. The van der Waals surface area contributed by atoms with Gasteiger partial charge in [-0.2, -0.15) is 10.2 Å². The molecule has 0 radical (unpaired) electrons. The van der Waals surface area contributed by atoms with Crippen molar-refractivity contribution < 1.29 is 27.7 Å². The van der Waals surface area contributed by atoms with Gasteiger partial charge in [-0.15, -0.1) is 0 Å². The molecule has 14 rings (SSSR count). The molecular weight excluding hydrogens is 1030 g/mol. The van der Waals surface area contributed by atoms with E-state index in [-0.39, 0.29) is 11.1 Å². The van der Waals surface area contributed by atoms with Gasteiger partial charge in [0.1, 0.15) is 84.9 Å². The maximum Gasteiger partial charge on any atom is 0.224 e. The molecule has 0 bridgehead atoms. The number of hydrogen-bond acceptors (Lipinski definition) is 20. The molecule has 24 heteroatoms. The van der Waals surface area contributed by atoms with Gasteiger partial charge in [-0.1, -0.05) is 0 Å². The predicted octanol–water partition coefficient (Wildman–Crippen LogP) is 8.31. The number of nitrogens with zero attached hydrogens (tertiary/aromatic N) is 16. The Labute approximate surface area is 457 Å². The van der Waals surface area contributed by atoms with Crippen LogP contribution in [0.5, 0.6) is 34.8 Å². The normalized spacial score (nSPS) is 18.4. The van der Waals surface area contributed by atoms with Gasteiger partial charge in [0.15, 0.2) is 11.3 Å². The van der Waals surface area contributed by atoms with Crippen molar-refractivity contribution in [1.29, 1.82) is 0 Å². The summed E-state index contributed by atoms with van der Waals surface area (Å²) in [6.45, 7) is 7.75. The van der Waals surface area contributed by atoms with E-state index in [4.69, 9.17) is 18.9 Å². The van der Waals surface area contributed by atoms with Crippen LogP contribution in [-0.4, -0.2) is 160 Å². The minimum Gasteiger partial charge on any atom is -0.495 e. The zero-order valence-corrected chi connectivity index (χ0v) is 44.7. The van der Waals surface area contributed by atoms with Crippen LogP contribution >= 0.6 is 0 Å². The van der Waals surface area contributed by atoms with Crippen molar-refractivity contribution in [3.63, 3.8) is 0 Å². The Morgan fingerprint density at radius 2 is 0.938 bits per heavy atom. The fourth-order valence-corrected chi connectivity index (χ4v) is 11.7. The third kappa shape index (κ3) is 9.08. The molecule has 10 aromatic rings. The highest BCUT2D eigenvalue weighted by Crippen LogP contribution is 2.49. The number of hydrogen-bond donors (Lipinski definition) is 2. The predicted molar refractivity (Wildman–Crippen MR) is 297 cm³/mol. The van der Waals surface area contributed by atoms with Crippen LogP contribution in [0.15, 0.2) is 111 Å². The Morgan fingerprint density at radius 1 is 0.512 bits per heavy atom. The molecule has 0 unspecified atom stereocenters. The molecule has 4 aliphatic heterocycles. The van der Waals surface area contributed by atoms with Gasteiger partial charge in [0.25, 0.3) is 0 Å². The Balaban J connectivity index is 0.000000151. The third-order valence-corrected chi connectivity index (χ3v) is 15.9. The Hall–Kier alpha value is -9.16. The highest BCUT2D eigenvalue weighted by atomic mass is 19.1. The molecule has 0 aliphatic carbocycles. The van der Waals surface area contributed by atoms with Gasteiger partial charge in [0, 0.05) is 75.6 Å². The van der Waals surface area contributed by atoms with Gasteiger partial charge >= 0.3 is 0 Å². The summed E-state index contributed by atoms with van der Waals surface area (Å²) in [5.74, 6) is 5.00. The molecule has 2 spiro atoms. The number of alkyl halides is 2. The zero-order chi connectivity index (χ0) is 54.9. The molecule has 0 saturated carbocycles. The van der Waals surface area contributed by atoms with Gasteiger partial charge in [0.05, 0.1) is 58.5 Å². The highest BCUT2D eigenvalue weighted by Gasteiger charge is 2.54. The van der Waals surface area contributed by atoms with Crippen LogP contribution in [0.3, 0.4) is 0 Å². The average Bonchev–Trinajstić information content (AvgIpc) is 4.40. The molecule has 22 nitrogen and oxygen atoms in total. The van der Waals surface area contributed by atoms with Crippen LogP contribution in [0.1, 0.15) is 24.0 Å². The number of benzene rings is 4. The fourth-order valence-electron chi connectivity index (χ4n) is 11.7. The minimum absolute atomic E-state index is 0.156. The fraction of sp³-hybridized carbons (Fsp3) is 0.321. The summed E-state index contributed by atoms with van der Waals surface area (Å²) in [6, 6.07) is 22.8. The monoisotopic (exact) mass is 1080 g/mol. The number of ether oxygens (including phenoxy) is 4. The SMILES string of the molecule is COc1ccc2ncnc(Nc3ccc(Oc4cc5ncnn5cn4)c(C)c3)c2c1N1CC2(C[C@@H](F)CN2C)C1.COc1ccc2ncnc(Nc3ccc(Oc4cc5ncnn5cn4)c(C)c3)c2c1N1CC2(C[C@H](F)CN2C)C1. The second-order valence-electron chi connectivity index (χ2n) is 21.0. The molecule has 4 fully saturated rings. The molecule has 10 heterocycles. The lowest BCUT2D eigenvalue weighted by Gasteiger charge is -2.53. The van der Waals surface area contributed by atoms with Crippen molar-refractivity contribution in [2.24, 2.45) is 0 Å². The standard InChI is InChI=1S/2C28H28FN9O2/c2*1-17-8-19(4-6-21(17)40-24-9-23-31-15-34-38(23)16-33-24)35-27-25-20(30-14-32-27)5-7-22(39-3)26(25)37-12-28(13-37)10-18(29)11-36(28)2/h2*4-9,14-16,18H,10-13H2,1-3H3,(H,30,32,35)/t2*18-/m10/s1. The Morgan fingerprint density at radius 3 is 1.32 bits per heavy atom. The number of rotatable bonds is 12. The molecule has 408 valence electrons. The van der Waals surface area contributed by atoms with Crippen LogP contribution in [0.2, 0.25) is 0 Å². The minimum atomic E-state index is -0.793. The van der Waals surface area contributed by atoms with Crippen molar-refractivity contribution in [3.8, 4) is 34.8 Å². The van der Waals surface area contributed by atoms with Gasteiger partial charge in [0.2, 0.25) is 11.8 Å². The average molecular weight is 1080 g/mol. The molecule has 2 atom stereocenters. The summed E-state index contributed by atoms with van der Waals surface area (Å²) in [5, 5.41) is 16.8. The lowest BCUT2D eigenvalue weighted by Crippen LogP contribution is -2.67. The molecule has 4 aromatic carbocycles. The summed E-state index contributed by atoms with van der Waals surface area (Å²) in [4.78, 5) is 44.0. The molecular formula is C56H56F2N18O4. The Bertz CT molecular complexity index is 3730. The largest absolute Gasteiger partial charge is 0.495 e. The number of halogens is 2. The number of anilines is 6. The van der Waals surface area contributed by atoms with Crippen LogP contribution in [0, 0.1) is 13.8 Å². The van der Waals surface area contributed by atoms with E-state index in [9.17, 15) is 8.78 Å². The second kappa shape index (κ2) is 19.9. The maximum absolute atomic E-state index is 14.2. The van der Waals surface area contributed by atoms with E-state index in [1.807, 2.05) is 88.6 Å². The summed E-state index contributed by atoms with van der Waals surface area (Å²) in [6.07, 6.45) is 8.67. The van der Waals surface area contributed by atoms with Crippen molar-refractivity contribution in [2.75, 3.05) is 88.0 Å². The summed E-state index contributed by atoms with van der Waals surface area (Å²) >= 11 is 0. The third-order valence-electron chi connectivity index (χ3n) is 15.9. The van der Waals surface area contributed by atoms with Gasteiger partial charge in [-0.05, 0) is 99.7 Å². The van der Waals surface area contributed by atoms with E-state index in [1.54, 1.807) is 60.7 Å². The summed E-state index contributed by atoms with van der Waals surface area (Å²) < 4.78 is 55.2.